The number of nitrogens with zero attached hydrogens (tertiary/aromatic N) is 2. The molecular weight excluding hydrogens is 286 g/mol. The zero-order chi connectivity index (χ0) is 14.7. The van der Waals surface area contributed by atoms with E-state index >= 15 is 0 Å². The van der Waals surface area contributed by atoms with Crippen molar-refractivity contribution in [3.8, 4) is 0 Å². The van der Waals surface area contributed by atoms with Crippen LogP contribution in [0.4, 0.5) is 0 Å². The standard InChI is InChI=1S/C15H19N3O2S/c1-11-17-12(10-21-11)15(19)16-9-13(14-5-4-8-20-14)18-6-2-3-7-18/h4-5,8,10,13H,2-3,6-7,9H2,1H3,(H,16,19). The molecule has 0 aromatic carbocycles. The van der Waals surface area contributed by atoms with E-state index in [1.807, 2.05) is 19.1 Å². The summed E-state index contributed by atoms with van der Waals surface area (Å²) in [4.78, 5) is 18.7. The molecule has 112 valence electrons. The molecule has 1 saturated heterocycles. The van der Waals surface area contributed by atoms with Gasteiger partial charge in [0, 0.05) is 11.9 Å². The molecule has 3 heterocycles. The van der Waals surface area contributed by atoms with Gasteiger partial charge in [-0.3, -0.25) is 9.69 Å². The molecule has 1 aliphatic rings. The lowest BCUT2D eigenvalue weighted by molar-refractivity contribution is 0.0929. The first-order chi connectivity index (χ1) is 10.2. The molecule has 2 aromatic heterocycles. The molecular formula is C15H19N3O2S. The summed E-state index contributed by atoms with van der Waals surface area (Å²) in [5, 5.41) is 5.68. The first-order valence-electron chi connectivity index (χ1n) is 7.22. The van der Waals surface area contributed by atoms with Crippen molar-refractivity contribution in [2.45, 2.75) is 25.8 Å². The quantitative estimate of drug-likeness (QED) is 0.922. The zero-order valence-electron chi connectivity index (χ0n) is 12.0. The normalized spacial score (nSPS) is 17.0. The van der Waals surface area contributed by atoms with Crippen LogP contribution in [0, 0.1) is 6.92 Å². The summed E-state index contributed by atoms with van der Waals surface area (Å²) in [5.74, 6) is 0.793. The van der Waals surface area contributed by atoms with Crippen molar-refractivity contribution >= 4 is 17.2 Å². The lowest BCUT2D eigenvalue weighted by Gasteiger charge is -2.25. The molecule has 1 atom stereocenters. The molecule has 0 saturated carbocycles. The summed E-state index contributed by atoms with van der Waals surface area (Å²) in [5.41, 5.74) is 0.497. The smallest absolute Gasteiger partial charge is 0.270 e. The number of likely N-dealkylation sites (tertiary alicyclic amines) is 1. The van der Waals surface area contributed by atoms with Crippen molar-refractivity contribution in [1.29, 1.82) is 0 Å². The fourth-order valence-electron chi connectivity index (χ4n) is 2.69. The Bertz CT molecular complexity index is 588. The van der Waals surface area contributed by atoms with Gasteiger partial charge in [-0.25, -0.2) is 4.98 Å². The van der Waals surface area contributed by atoms with E-state index in [0.717, 1.165) is 23.9 Å². The number of carbonyl (C=O) groups excluding carboxylic acids is 1. The van der Waals surface area contributed by atoms with Crippen LogP contribution in [-0.2, 0) is 0 Å². The van der Waals surface area contributed by atoms with E-state index in [-0.39, 0.29) is 11.9 Å². The number of carbonyl (C=O) groups is 1. The van der Waals surface area contributed by atoms with Gasteiger partial charge in [0.25, 0.3) is 5.91 Å². The topological polar surface area (TPSA) is 58.4 Å². The second kappa shape index (κ2) is 6.41. The lowest BCUT2D eigenvalue weighted by Crippen LogP contribution is -2.36. The third kappa shape index (κ3) is 3.33. The van der Waals surface area contributed by atoms with E-state index in [2.05, 4.69) is 15.2 Å². The van der Waals surface area contributed by atoms with E-state index in [1.54, 1.807) is 11.6 Å². The van der Waals surface area contributed by atoms with Crippen LogP contribution in [0.5, 0.6) is 0 Å². The van der Waals surface area contributed by atoms with Gasteiger partial charge in [-0.2, -0.15) is 0 Å². The van der Waals surface area contributed by atoms with E-state index in [1.165, 1.54) is 24.2 Å². The number of rotatable bonds is 5. The molecule has 1 amide bonds. The second-order valence-corrected chi connectivity index (χ2v) is 6.30. The molecule has 0 aliphatic carbocycles. The minimum absolute atomic E-state index is 0.103. The molecule has 1 aliphatic heterocycles. The number of aryl methyl sites for hydroxylation is 1. The van der Waals surface area contributed by atoms with Gasteiger partial charge in [0.1, 0.15) is 11.5 Å². The number of furan rings is 1. The van der Waals surface area contributed by atoms with Crippen LogP contribution in [0.1, 0.15) is 40.1 Å². The summed E-state index contributed by atoms with van der Waals surface area (Å²) in [7, 11) is 0. The van der Waals surface area contributed by atoms with Gasteiger partial charge in [-0.15, -0.1) is 11.3 Å². The Morgan fingerprint density at radius 3 is 2.95 bits per heavy atom. The Labute approximate surface area is 128 Å². The number of aromatic nitrogens is 1. The molecule has 1 fully saturated rings. The van der Waals surface area contributed by atoms with E-state index in [9.17, 15) is 4.79 Å². The first kappa shape index (κ1) is 14.3. The molecule has 1 unspecified atom stereocenters. The van der Waals surface area contributed by atoms with Gasteiger partial charge in [0.05, 0.1) is 17.3 Å². The Balaban J connectivity index is 1.66. The lowest BCUT2D eigenvalue weighted by atomic mass is 10.2. The summed E-state index contributed by atoms with van der Waals surface area (Å²) in [6, 6.07) is 3.97. The highest BCUT2D eigenvalue weighted by molar-refractivity contribution is 7.09. The van der Waals surface area contributed by atoms with Crippen LogP contribution in [-0.4, -0.2) is 35.4 Å². The number of amides is 1. The third-order valence-electron chi connectivity index (χ3n) is 3.76. The van der Waals surface area contributed by atoms with Gasteiger partial charge >= 0.3 is 0 Å². The number of thiazole rings is 1. The predicted octanol–water partition coefficient (Wildman–Crippen LogP) is 2.61. The fourth-order valence-corrected chi connectivity index (χ4v) is 3.28. The SMILES string of the molecule is Cc1nc(C(=O)NCC(c2ccco2)N2CCCC2)cs1. The molecule has 1 N–H and O–H groups in total. The van der Waals surface area contributed by atoms with E-state index < -0.39 is 0 Å². The van der Waals surface area contributed by atoms with Crippen LogP contribution in [0.15, 0.2) is 28.2 Å². The highest BCUT2D eigenvalue weighted by Gasteiger charge is 2.26. The van der Waals surface area contributed by atoms with Crippen molar-refractivity contribution < 1.29 is 9.21 Å². The van der Waals surface area contributed by atoms with Crippen molar-refractivity contribution in [2.75, 3.05) is 19.6 Å². The van der Waals surface area contributed by atoms with Crippen molar-refractivity contribution in [2.24, 2.45) is 0 Å². The molecule has 3 rings (SSSR count). The highest BCUT2D eigenvalue weighted by Crippen LogP contribution is 2.25. The largest absolute Gasteiger partial charge is 0.468 e. The van der Waals surface area contributed by atoms with Crippen LogP contribution >= 0.6 is 11.3 Å². The highest BCUT2D eigenvalue weighted by atomic mass is 32.1. The van der Waals surface area contributed by atoms with Crippen LogP contribution in [0.3, 0.4) is 0 Å². The van der Waals surface area contributed by atoms with Crippen molar-refractivity contribution in [3.05, 3.63) is 40.2 Å². The molecule has 0 spiro atoms. The van der Waals surface area contributed by atoms with E-state index in [4.69, 9.17) is 4.42 Å². The molecule has 0 radical (unpaired) electrons. The van der Waals surface area contributed by atoms with Crippen molar-refractivity contribution in [3.63, 3.8) is 0 Å². The van der Waals surface area contributed by atoms with Gasteiger partial charge in [0.2, 0.25) is 0 Å². The number of hydrogen-bond donors (Lipinski definition) is 1. The van der Waals surface area contributed by atoms with Gasteiger partial charge in [-0.1, -0.05) is 0 Å². The van der Waals surface area contributed by atoms with Crippen molar-refractivity contribution in [1.82, 2.24) is 15.2 Å². The van der Waals surface area contributed by atoms with Crippen LogP contribution in [0.25, 0.3) is 0 Å². The molecule has 5 nitrogen and oxygen atoms in total. The van der Waals surface area contributed by atoms with Gasteiger partial charge < -0.3 is 9.73 Å². The second-order valence-electron chi connectivity index (χ2n) is 5.24. The Kier molecular flexibility index (Phi) is 4.36. The third-order valence-corrected chi connectivity index (χ3v) is 4.53. The average molecular weight is 305 g/mol. The van der Waals surface area contributed by atoms with Crippen LogP contribution in [0.2, 0.25) is 0 Å². The average Bonchev–Trinajstić information content (AvgIpc) is 3.21. The first-order valence-corrected chi connectivity index (χ1v) is 8.10. The monoisotopic (exact) mass is 305 g/mol. The number of nitrogens with one attached hydrogen (secondary N) is 1. The summed E-state index contributed by atoms with van der Waals surface area (Å²) in [6.07, 6.45) is 4.09. The van der Waals surface area contributed by atoms with E-state index in [0.29, 0.717) is 12.2 Å². The predicted molar refractivity (Wildman–Crippen MR) is 81.4 cm³/mol. The van der Waals surface area contributed by atoms with Crippen LogP contribution < -0.4 is 5.32 Å². The summed E-state index contributed by atoms with van der Waals surface area (Å²) < 4.78 is 5.54. The molecule has 2 aromatic rings. The Morgan fingerprint density at radius 1 is 1.52 bits per heavy atom. The molecule has 21 heavy (non-hydrogen) atoms. The minimum atomic E-state index is -0.116. The maximum absolute atomic E-state index is 12.1. The maximum Gasteiger partial charge on any atom is 0.270 e. The van der Waals surface area contributed by atoms with Gasteiger partial charge in [0.15, 0.2) is 0 Å². The number of hydrogen-bond acceptors (Lipinski definition) is 5. The van der Waals surface area contributed by atoms with Gasteiger partial charge in [-0.05, 0) is 45.0 Å². The summed E-state index contributed by atoms with van der Waals surface area (Å²) in [6.45, 7) is 4.55. The Hall–Kier alpha value is -1.66. The molecule has 0 bridgehead atoms. The molecule has 6 heteroatoms. The fraction of sp³-hybridized carbons (Fsp3) is 0.467. The summed E-state index contributed by atoms with van der Waals surface area (Å²) >= 11 is 1.49. The zero-order valence-corrected chi connectivity index (χ0v) is 12.9. The maximum atomic E-state index is 12.1. The Morgan fingerprint density at radius 2 is 2.33 bits per heavy atom. The minimum Gasteiger partial charge on any atom is -0.468 e.